The van der Waals surface area contributed by atoms with Gasteiger partial charge in [-0.25, -0.2) is 0 Å². The van der Waals surface area contributed by atoms with Crippen LogP contribution in [0.2, 0.25) is 10.6 Å². The number of halogens is 2. The lowest BCUT2D eigenvalue weighted by atomic mass is 9.80. The van der Waals surface area contributed by atoms with E-state index in [1.807, 2.05) is 0 Å². The van der Waals surface area contributed by atoms with Crippen LogP contribution in [0.1, 0.15) is 31.8 Å². The van der Waals surface area contributed by atoms with Crippen molar-refractivity contribution in [2.45, 2.75) is 9.79 Å². The van der Waals surface area contributed by atoms with Gasteiger partial charge < -0.3 is 15.2 Å². The van der Waals surface area contributed by atoms with Crippen molar-refractivity contribution in [1.29, 1.82) is 0 Å². The van der Waals surface area contributed by atoms with Gasteiger partial charge in [0.05, 0.1) is 33.7 Å². The summed E-state index contributed by atoms with van der Waals surface area (Å²) < 4.78 is 71.7. The van der Waals surface area contributed by atoms with Crippen molar-refractivity contribution >= 4 is 88.9 Å². The van der Waals surface area contributed by atoms with Crippen molar-refractivity contribution in [2.75, 3.05) is 10.6 Å². The van der Waals surface area contributed by atoms with E-state index in [9.17, 15) is 40.3 Å². The van der Waals surface area contributed by atoms with Crippen molar-refractivity contribution in [3.8, 4) is 11.1 Å². The Balaban J connectivity index is 1.52. The van der Waals surface area contributed by atoms with Crippen LogP contribution in [0.25, 0.3) is 22.0 Å². The molecule has 0 radical (unpaired) electrons. The summed E-state index contributed by atoms with van der Waals surface area (Å²) in [7, 11) is -9.00. The molecule has 0 bridgehead atoms. The Labute approximate surface area is 303 Å². The Kier molecular flexibility index (Phi) is 8.44. The molecule has 0 spiro atoms. The van der Waals surface area contributed by atoms with E-state index in [-0.39, 0.29) is 44.4 Å². The molecule has 0 fully saturated rings. The van der Waals surface area contributed by atoms with E-state index >= 15 is 0 Å². The number of carbonyl (C=O) groups is 2. The summed E-state index contributed by atoms with van der Waals surface area (Å²) in [6, 6.07) is 18.6. The second-order valence-corrected chi connectivity index (χ2v) is 14.8. The number of nitrogens with one attached hydrogen (secondary N) is 2. The van der Waals surface area contributed by atoms with Crippen LogP contribution in [0.4, 0.5) is 23.0 Å². The Morgan fingerprint density at radius 1 is 0.712 bits per heavy atom. The molecule has 0 saturated heterocycles. The summed E-state index contributed by atoms with van der Waals surface area (Å²) in [5, 5.41) is 4.68. The highest BCUT2D eigenvalue weighted by molar-refractivity contribution is 7.86. The first kappa shape index (κ1) is 34.9. The van der Waals surface area contributed by atoms with Crippen LogP contribution in [0.5, 0.6) is 0 Å². The molecule has 15 nitrogen and oxygen atoms in total. The molecule has 7 rings (SSSR count). The minimum Gasteiger partial charge on any atom is -0.354 e. The highest BCUT2D eigenvalue weighted by Gasteiger charge is 2.35. The molecule has 0 amide bonds. The number of carbonyl (C=O) groups excluding carboxylic acids is 2. The summed E-state index contributed by atoms with van der Waals surface area (Å²) >= 11 is 11.7. The molecular formula is C33H20Cl2N6O9S2. The van der Waals surface area contributed by atoms with Crippen molar-refractivity contribution in [3.63, 3.8) is 0 Å². The van der Waals surface area contributed by atoms with E-state index in [4.69, 9.17) is 23.2 Å². The van der Waals surface area contributed by atoms with E-state index in [0.717, 1.165) is 6.07 Å². The molecule has 0 saturated carbocycles. The van der Waals surface area contributed by atoms with Gasteiger partial charge in [0.25, 0.3) is 25.8 Å². The number of aromatic nitrogens is 4. The first-order valence-electron chi connectivity index (χ1n) is 14.7. The third-order valence-corrected chi connectivity index (χ3v) is 10.4. The normalized spacial score (nSPS) is 12.4. The first-order valence-corrected chi connectivity index (χ1v) is 18.4. The van der Waals surface area contributed by atoms with Crippen LogP contribution < -0.4 is 16.2 Å². The lowest BCUT2D eigenvalue weighted by molar-refractivity contribution is 0.102. The zero-order valence-electron chi connectivity index (χ0n) is 26.1. The van der Waals surface area contributed by atoms with Gasteiger partial charge in [-0.05, 0) is 53.0 Å². The molecule has 6 aromatic rings. The fourth-order valence-electron chi connectivity index (χ4n) is 6.05. The fraction of sp³-hybridized carbons (Fsp3) is 0.0303. The molecule has 0 aliphatic heterocycles. The van der Waals surface area contributed by atoms with Gasteiger partial charge in [0, 0.05) is 29.1 Å². The molecule has 1 aliphatic rings. The average Bonchev–Trinajstić information content (AvgIpc) is 3.07. The number of hydrogen-bond acceptors (Lipinski definition) is 12. The van der Waals surface area contributed by atoms with Crippen LogP contribution in [0.15, 0.2) is 93.4 Å². The van der Waals surface area contributed by atoms with Crippen molar-refractivity contribution in [3.05, 3.63) is 122 Å². The Morgan fingerprint density at radius 3 is 1.90 bits per heavy atom. The first-order chi connectivity index (χ1) is 24.5. The van der Waals surface area contributed by atoms with Crippen LogP contribution in [0, 0.1) is 0 Å². The molecule has 52 heavy (non-hydrogen) atoms. The van der Waals surface area contributed by atoms with Crippen molar-refractivity contribution < 1.29 is 35.5 Å². The smallest absolute Gasteiger partial charge is 0.296 e. The molecule has 19 heteroatoms. The number of pyridine rings is 1. The van der Waals surface area contributed by atoms with E-state index in [2.05, 4.69) is 25.6 Å². The quantitative estimate of drug-likeness (QED) is 0.111. The highest BCUT2D eigenvalue weighted by atomic mass is 35.5. The van der Waals surface area contributed by atoms with E-state index in [1.54, 1.807) is 48.5 Å². The summed E-state index contributed by atoms with van der Waals surface area (Å²) in [4.78, 5) is 51.4. The Bertz CT molecular complexity index is 2830. The largest absolute Gasteiger partial charge is 0.354 e. The van der Waals surface area contributed by atoms with Gasteiger partial charge in [-0.3, -0.25) is 23.5 Å². The molecule has 0 atom stereocenters. The average molecular weight is 780 g/mol. The van der Waals surface area contributed by atoms with Gasteiger partial charge in [0.1, 0.15) is 9.79 Å². The fourth-order valence-corrected chi connectivity index (χ4v) is 7.80. The zero-order valence-corrected chi connectivity index (χ0v) is 29.3. The molecule has 2 aromatic heterocycles. The summed E-state index contributed by atoms with van der Waals surface area (Å²) in [6.07, 6.45) is 0. The zero-order chi connectivity index (χ0) is 37.3. The summed E-state index contributed by atoms with van der Waals surface area (Å²) in [5.41, 5.74) is -0.885. The Hall–Kier alpha value is -5.56. The van der Waals surface area contributed by atoms with Crippen LogP contribution in [0.3, 0.4) is 0 Å². The number of ketones is 2. The number of aryl methyl sites for hydroxylation is 1. The second-order valence-electron chi connectivity index (χ2n) is 11.3. The van der Waals surface area contributed by atoms with Crippen LogP contribution in [-0.4, -0.2) is 57.0 Å². The maximum atomic E-state index is 14.3. The molecule has 0 unspecified atom stereocenters. The van der Waals surface area contributed by atoms with Gasteiger partial charge in [-0.1, -0.05) is 54.6 Å². The van der Waals surface area contributed by atoms with Crippen molar-refractivity contribution in [2.24, 2.45) is 7.05 Å². The predicted octanol–water partition coefficient (Wildman–Crippen LogP) is 5.45. The van der Waals surface area contributed by atoms with Gasteiger partial charge >= 0.3 is 0 Å². The number of rotatable bonds is 8. The van der Waals surface area contributed by atoms with Gasteiger partial charge in [-0.15, -0.1) is 0 Å². The number of fused-ring (bicyclic) bond motifs is 2. The third-order valence-electron chi connectivity index (χ3n) is 8.23. The van der Waals surface area contributed by atoms with Crippen LogP contribution in [-0.2, 0) is 27.3 Å². The van der Waals surface area contributed by atoms with Gasteiger partial charge in [0.15, 0.2) is 11.6 Å². The maximum absolute atomic E-state index is 14.3. The molecule has 2 heterocycles. The molecule has 4 N–H and O–H groups in total. The third kappa shape index (κ3) is 5.98. The Morgan fingerprint density at radius 2 is 1.29 bits per heavy atom. The molecular weight excluding hydrogens is 759 g/mol. The van der Waals surface area contributed by atoms with E-state index in [1.165, 1.54) is 29.8 Å². The maximum Gasteiger partial charge on any atom is 0.296 e. The number of anilines is 4. The molecule has 4 aromatic carbocycles. The molecule has 262 valence electrons. The highest BCUT2D eigenvalue weighted by Crippen LogP contribution is 2.45. The number of hydrogen-bond donors (Lipinski definition) is 4. The number of nitrogens with zero attached hydrogens (tertiary/aromatic N) is 4. The second kappa shape index (κ2) is 12.6. The van der Waals surface area contributed by atoms with Crippen molar-refractivity contribution in [1.82, 2.24) is 19.5 Å². The van der Waals surface area contributed by atoms with Gasteiger partial charge in [-0.2, -0.15) is 31.8 Å². The van der Waals surface area contributed by atoms with E-state index in [0.29, 0.717) is 11.6 Å². The minimum atomic E-state index is -5.24. The molecule has 1 aliphatic carbocycles. The standard InChI is InChI=1S/C33H20Cl2N6O9S2/c1-41-21-12-11-18(36-19-13-20(37-33-39-31(34)38-32(35)40-33)23(52(48,49)50)14-22(19)51(45,46)47)25-26(21)24(16-9-5-6-10-17(16)29(25)43)27(30(41)44)28(42)15-7-3-2-4-8-15/h2-14,36H,1H3,(H,45,46,47)(H,48,49,50)(H,37,38,39,40). The summed E-state index contributed by atoms with van der Waals surface area (Å²) in [5.74, 6) is -1.58. The lowest BCUT2D eigenvalue weighted by Gasteiger charge is -2.26. The van der Waals surface area contributed by atoms with Crippen LogP contribution >= 0.6 is 23.2 Å². The topological polar surface area (TPSA) is 228 Å². The number of benzene rings is 4. The monoisotopic (exact) mass is 778 g/mol. The van der Waals surface area contributed by atoms with Gasteiger partial charge in [0.2, 0.25) is 16.5 Å². The SMILES string of the molecule is Cn1c(=O)c(C(=O)c2ccccc2)c2c3c(c(Nc4cc(Nc5nc(Cl)nc(Cl)n5)c(S(=O)(=O)O)cc4S(=O)(=O)O)ccc31)C(=O)c1ccccc1-2. The predicted molar refractivity (Wildman–Crippen MR) is 190 cm³/mol. The summed E-state index contributed by atoms with van der Waals surface area (Å²) in [6.45, 7) is 0. The van der Waals surface area contributed by atoms with E-state index < -0.39 is 75.0 Å². The minimum absolute atomic E-state index is 0.0632. The lowest BCUT2D eigenvalue weighted by Crippen LogP contribution is -2.29.